The van der Waals surface area contributed by atoms with Gasteiger partial charge in [-0.05, 0) is 0 Å². The summed E-state index contributed by atoms with van der Waals surface area (Å²) in [6.07, 6.45) is 2.73. The number of benzene rings is 1. The maximum absolute atomic E-state index is 11.2. The molecule has 0 N–H and O–H groups in total. The van der Waals surface area contributed by atoms with E-state index in [0.29, 0.717) is 5.69 Å². The van der Waals surface area contributed by atoms with E-state index < -0.39 is 9.84 Å². The molecule has 0 saturated carbocycles. The van der Waals surface area contributed by atoms with E-state index in [2.05, 4.69) is 10.3 Å². The molecule has 0 radical (unpaired) electrons. The van der Waals surface area contributed by atoms with Crippen LogP contribution in [0.15, 0.2) is 36.5 Å². The van der Waals surface area contributed by atoms with Crippen LogP contribution < -0.4 is 0 Å². The Kier molecular flexibility index (Phi) is 2.74. The first-order chi connectivity index (χ1) is 7.56. The molecule has 5 nitrogen and oxygen atoms in total. The topological polar surface area (TPSA) is 64.8 Å². The van der Waals surface area contributed by atoms with Gasteiger partial charge in [-0.15, -0.1) is 5.10 Å². The van der Waals surface area contributed by atoms with E-state index in [9.17, 15) is 8.42 Å². The predicted molar refractivity (Wildman–Crippen MR) is 60.3 cm³/mol. The molecule has 1 aromatic heterocycles. The van der Waals surface area contributed by atoms with Gasteiger partial charge >= 0.3 is 0 Å². The van der Waals surface area contributed by atoms with E-state index in [1.807, 2.05) is 30.3 Å². The molecule has 84 valence electrons. The summed E-state index contributed by atoms with van der Waals surface area (Å²) in [6, 6.07) is 9.43. The Morgan fingerprint density at radius 3 is 2.56 bits per heavy atom. The molecule has 0 unspecified atom stereocenters. The van der Waals surface area contributed by atoms with E-state index in [1.54, 1.807) is 6.20 Å². The minimum absolute atomic E-state index is 0.156. The summed E-state index contributed by atoms with van der Waals surface area (Å²) < 4.78 is 23.8. The molecule has 0 amide bonds. The Labute approximate surface area is 93.6 Å². The summed E-state index contributed by atoms with van der Waals surface area (Å²) in [4.78, 5) is 0. The van der Waals surface area contributed by atoms with Crippen molar-refractivity contribution in [1.29, 1.82) is 0 Å². The highest BCUT2D eigenvalue weighted by Crippen LogP contribution is 2.17. The van der Waals surface area contributed by atoms with Crippen molar-refractivity contribution < 1.29 is 8.42 Å². The molecule has 0 saturated heterocycles. The molecule has 0 aliphatic heterocycles. The zero-order valence-electron chi connectivity index (χ0n) is 8.74. The minimum Gasteiger partial charge on any atom is -0.230 e. The fourth-order valence-electron chi connectivity index (χ4n) is 1.41. The van der Waals surface area contributed by atoms with E-state index in [4.69, 9.17) is 0 Å². The van der Waals surface area contributed by atoms with Crippen LogP contribution in [-0.2, 0) is 15.7 Å². The van der Waals surface area contributed by atoms with E-state index >= 15 is 0 Å². The Hall–Kier alpha value is -1.69. The number of rotatable bonds is 3. The molecule has 2 aromatic rings. The largest absolute Gasteiger partial charge is 0.230 e. The van der Waals surface area contributed by atoms with Crippen LogP contribution in [0.25, 0.3) is 11.3 Å². The fraction of sp³-hybridized carbons (Fsp3) is 0.200. The highest BCUT2D eigenvalue weighted by molar-refractivity contribution is 7.89. The van der Waals surface area contributed by atoms with Crippen LogP contribution in [0.4, 0.5) is 0 Å². The van der Waals surface area contributed by atoms with Crippen LogP contribution >= 0.6 is 0 Å². The van der Waals surface area contributed by atoms with Gasteiger partial charge in [-0.3, -0.25) is 0 Å². The average molecular weight is 237 g/mol. The highest BCUT2D eigenvalue weighted by Gasteiger charge is 2.10. The van der Waals surface area contributed by atoms with Gasteiger partial charge in [-0.1, -0.05) is 35.5 Å². The highest BCUT2D eigenvalue weighted by atomic mass is 32.2. The van der Waals surface area contributed by atoms with Crippen LogP contribution in [0, 0.1) is 0 Å². The van der Waals surface area contributed by atoms with Crippen LogP contribution in [0.1, 0.15) is 0 Å². The van der Waals surface area contributed by atoms with E-state index in [0.717, 1.165) is 5.56 Å². The third kappa shape index (κ3) is 2.46. The number of hydrogen-bond donors (Lipinski definition) is 0. The first-order valence-corrected chi connectivity index (χ1v) is 6.74. The van der Waals surface area contributed by atoms with Crippen molar-refractivity contribution in [1.82, 2.24) is 15.0 Å². The van der Waals surface area contributed by atoms with Gasteiger partial charge in [0.25, 0.3) is 0 Å². The third-order valence-electron chi connectivity index (χ3n) is 2.04. The molecule has 1 heterocycles. The Balaban J connectivity index is 2.41. The molecule has 0 fully saturated rings. The summed E-state index contributed by atoms with van der Waals surface area (Å²) in [6.45, 7) is 0. The maximum Gasteiger partial charge on any atom is 0.167 e. The quantitative estimate of drug-likeness (QED) is 0.797. The van der Waals surface area contributed by atoms with Gasteiger partial charge in [0.1, 0.15) is 5.88 Å². The van der Waals surface area contributed by atoms with Crippen molar-refractivity contribution in [3.8, 4) is 11.3 Å². The zero-order valence-corrected chi connectivity index (χ0v) is 9.55. The minimum atomic E-state index is -3.12. The van der Waals surface area contributed by atoms with E-state index in [1.165, 1.54) is 10.9 Å². The van der Waals surface area contributed by atoms with Crippen molar-refractivity contribution in [3.05, 3.63) is 36.5 Å². The van der Waals surface area contributed by atoms with Crippen molar-refractivity contribution >= 4 is 9.84 Å². The number of hydrogen-bond acceptors (Lipinski definition) is 4. The van der Waals surface area contributed by atoms with Crippen LogP contribution in [0.2, 0.25) is 0 Å². The number of aromatic nitrogens is 3. The van der Waals surface area contributed by atoms with Gasteiger partial charge in [0, 0.05) is 11.8 Å². The smallest absolute Gasteiger partial charge is 0.167 e. The number of sulfone groups is 1. The molecule has 2 rings (SSSR count). The number of nitrogens with zero attached hydrogens (tertiary/aromatic N) is 3. The summed E-state index contributed by atoms with van der Waals surface area (Å²) in [5.41, 5.74) is 1.60. The fourth-order valence-corrected chi connectivity index (χ4v) is 2.04. The third-order valence-corrected chi connectivity index (χ3v) is 2.76. The van der Waals surface area contributed by atoms with Crippen LogP contribution in [-0.4, -0.2) is 29.7 Å². The van der Waals surface area contributed by atoms with Gasteiger partial charge in [-0.25, -0.2) is 13.1 Å². The van der Waals surface area contributed by atoms with Gasteiger partial charge in [0.15, 0.2) is 9.84 Å². The second-order valence-electron chi connectivity index (χ2n) is 3.54. The van der Waals surface area contributed by atoms with Crippen molar-refractivity contribution in [2.75, 3.05) is 6.26 Å². The molecular weight excluding hydrogens is 226 g/mol. The van der Waals surface area contributed by atoms with Gasteiger partial charge < -0.3 is 0 Å². The van der Waals surface area contributed by atoms with Crippen LogP contribution in [0.5, 0.6) is 0 Å². The monoisotopic (exact) mass is 237 g/mol. The van der Waals surface area contributed by atoms with E-state index in [-0.39, 0.29) is 5.88 Å². The molecule has 16 heavy (non-hydrogen) atoms. The normalized spacial score (nSPS) is 11.6. The lowest BCUT2D eigenvalue weighted by Crippen LogP contribution is -2.11. The molecule has 0 bridgehead atoms. The molecule has 0 aliphatic rings. The standard InChI is InChI=1S/C10H11N3O2S/c1-16(14,15)8-13-10(7-11-12-13)9-5-3-2-4-6-9/h2-7H,8H2,1H3. The summed E-state index contributed by atoms with van der Waals surface area (Å²) >= 11 is 0. The zero-order chi connectivity index (χ0) is 11.6. The molecule has 0 aliphatic carbocycles. The lowest BCUT2D eigenvalue weighted by atomic mass is 10.2. The average Bonchev–Trinajstić information content (AvgIpc) is 2.64. The summed E-state index contributed by atoms with van der Waals surface area (Å²) in [5.74, 6) is -0.156. The van der Waals surface area contributed by atoms with Crippen LogP contribution in [0.3, 0.4) is 0 Å². The van der Waals surface area contributed by atoms with Crippen molar-refractivity contribution in [2.24, 2.45) is 0 Å². The molecule has 0 spiro atoms. The molecular formula is C10H11N3O2S. The van der Waals surface area contributed by atoms with Crippen molar-refractivity contribution in [3.63, 3.8) is 0 Å². The first kappa shape index (κ1) is 10.8. The Bertz CT molecular complexity index is 575. The molecule has 0 atom stereocenters. The SMILES string of the molecule is CS(=O)(=O)Cn1nncc1-c1ccccc1. The lowest BCUT2D eigenvalue weighted by Gasteiger charge is -2.04. The van der Waals surface area contributed by atoms with Gasteiger partial charge in [0.2, 0.25) is 0 Å². The maximum atomic E-state index is 11.2. The summed E-state index contributed by atoms with van der Waals surface area (Å²) in [5, 5.41) is 7.50. The second-order valence-corrected chi connectivity index (χ2v) is 5.65. The predicted octanol–water partition coefficient (Wildman–Crippen LogP) is 0.947. The van der Waals surface area contributed by atoms with Gasteiger partial charge in [-0.2, -0.15) is 0 Å². The van der Waals surface area contributed by atoms with Gasteiger partial charge in [0.05, 0.1) is 11.9 Å². The molecule has 6 heteroatoms. The first-order valence-electron chi connectivity index (χ1n) is 4.68. The summed E-state index contributed by atoms with van der Waals surface area (Å²) in [7, 11) is -3.12. The van der Waals surface area contributed by atoms with Crippen molar-refractivity contribution in [2.45, 2.75) is 5.88 Å². The Morgan fingerprint density at radius 2 is 1.94 bits per heavy atom. The lowest BCUT2D eigenvalue weighted by molar-refractivity contribution is 0.578. The second kappa shape index (κ2) is 4.05. The Morgan fingerprint density at radius 1 is 1.25 bits per heavy atom. The molecule has 1 aromatic carbocycles.